The van der Waals surface area contributed by atoms with Crippen LogP contribution in [0.5, 0.6) is 0 Å². The van der Waals surface area contributed by atoms with Gasteiger partial charge in [-0.2, -0.15) is 0 Å². The van der Waals surface area contributed by atoms with E-state index in [9.17, 15) is 9.59 Å². The summed E-state index contributed by atoms with van der Waals surface area (Å²) in [4.78, 5) is 33.5. The molecule has 1 aromatic carbocycles. The van der Waals surface area contributed by atoms with Crippen LogP contribution in [0.3, 0.4) is 0 Å². The van der Waals surface area contributed by atoms with E-state index in [1.165, 1.54) is 5.19 Å². The van der Waals surface area contributed by atoms with Gasteiger partial charge in [0.2, 0.25) is 0 Å². The number of carbonyl (C=O) groups excluding carboxylic acids is 2. The molecule has 2 aromatic rings. The third-order valence-corrected chi connectivity index (χ3v) is 8.16. The van der Waals surface area contributed by atoms with Gasteiger partial charge in [0.05, 0.1) is 13.1 Å². The average molecular weight is 473 g/mol. The van der Waals surface area contributed by atoms with Gasteiger partial charge in [-0.25, -0.2) is 9.78 Å². The summed E-state index contributed by atoms with van der Waals surface area (Å²) in [5.74, 6) is 0.576. The van der Waals surface area contributed by atoms with E-state index in [1.807, 2.05) is 37.8 Å². The SMILES string of the molecule is CC(C)C(=O)c1cnc(N2CCN(C(=O)Nc3ccc([Si](C)(C)C)cc3)[C@H](C)C2)c(Cl)c1. The van der Waals surface area contributed by atoms with Crippen molar-refractivity contribution < 1.29 is 9.59 Å². The molecule has 0 bridgehead atoms. The molecule has 1 saturated heterocycles. The molecule has 6 nitrogen and oxygen atoms in total. The summed E-state index contributed by atoms with van der Waals surface area (Å²) in [5.41, 5.74) is 1.33. The van der Waals surface area contributed by atoms with Crippen LogP contribution in [0.15, 0.2) is 36.5 Å². The van der Waals surface area contributed by atoms with Crippen molar-refractivity contribution in [3.8, 4) is 0 Å². The second-order valence-corrected chi connectivity index (χ2v) is 15.3. The van der Waals surface area contributed by atoms with Crippen LogP contribution in [-0.2, 0) is 0 Å². The standard InChI is InChI=1S/C24H33ClN4O2Si/c1-16(2)22(30)18-13-21(25)23(26-14-18)28-11-12-29(17(3)15-28)24(31)27-19-7-9-20(10-8-19)32(4,5)6/h7-10,13-14,16-17H,11-12,15H2,1-6H3,(H,27,31)/t17-/m1/s1. The number of hydrogen-bond donors (Lipinski definition) is 1. The first-order valence-corrected chi connectivity index (χ1v) is 15.0. The Bertz CT molecular complexity index is 988. The van der Waals surface area contributed by atoms with Crippen molar-refractivity contribution >= 4 is 48.2 Å². The highest BCUT2D eigenvalue weighted by Gasteiger charge is 2.29. The summed E-state index contributed by atoms with van der Waals surface area (Å²) in [6, 6.07) is 9.77. The number of piperazine rings is 1. The number of rotatable bonds is 5. The minimum atomic E-state index is -1.36. The maximum Gasteiger partial charge on any atom is 0.322 e. The van der Waals surface area contributed by atoms with Gasteiger partial charge in [0.25, 0.3) is 0 Å². The van der Waals surface area contributed by atoms with Crippen LogP contribution >= 0.6 is 11.6 Å². The van der Waals surface area contributed by atoms with Crippen molar-refractivity contribution in [1.82, 2.24) is 9.88 Å². The van der Waals surface area contributed by atoms with Crippen molar-refractivity contribution in [2.45, 2.75) is 46.5 Å². The van der Waals surface area contributed by atoms with Gasteiger partial charge in [0, 0.05) is 49.0 Å². The first-order valence-electron chi connectivity index (χ1n) is 11.1. The zero-order valence-electron chi connectivity index (χ0n) is 19.8. The number of pyridine rings is 1. The maximum atomic E-state index is 12.9. The smallest absolute Gasteiger partial charge is 0.322 e. The van der Waals surface area contributed by atoms with Crippen LogP contribution in [0.2, 0.25) is 24.7 Å². The number of amides is 2. The van der Waals surface area contributed by atoms with Crippen LogP contribution < -0.4 is 15.4 Å². The monoisotopic (exact) mass is 472 g/mol. The molecule has 1 fully saturated rings. The molecule has 0 spiro atoms. The van der Waals surface area contributed by atoms with E-state index in [0.717, 1.165) is 5.69 Å². The summed E-state index contributed by atoms with van der Waals surface area (Å²) in [6.07, 6.45) is 1.59. The summed E-state index contributed by atoms with van der Waals surface area (Å²) in [7, 11) is -1.36. The van der Waals surface area contributed by atoms with Crippen molar-refractivity contribution in [3.63, 3.8) is 0 Å². The fraction of sp³-hybridized carbons (Fsp3) is 0.458. The lowest BCUT2D eigenvalue weighted by Crippen LogP contribution is -2.55. The number of Topliss-reactive ketones (excluding diaryl/α,β-unsaturated/α-hetero) is 1. The van der Waals surface area contributed by atoms with E-state index < -0.39 is 8.07 Å². The minimum absolute atomic E-state index is 0.0140. The van der Waals surface area contributed by atoms with E-state index in [1.54, 1.807) is 12.3 Å². The van der Waals surface area contributed by atoms with Crippen LogP contribution in [0, 0.1) is 5.92 Å². The molecule has 8 heteroatoms. The van der Waals surface area contributed by atoms with Crippen molar-refractivity contribution in [1.29, 1.82) is 0 Å². The van der Waals surface area contributed by atoms with Gasteiger partial charge in [-0.3, -0.25) is 4.79 Å². The van der Waals surface area contributed by atoms with Crippen molar-refractivity contribution in [2.24, 2.45) is 5.92 Å². The maximum absolute atomic E-state index is 12.9. The number of halogens is 1. The van der Waals surface area contributed by atoms with E-state index in [-0.39, 0.29) is 23.8 Å². The van der Waals surface area contributed by atoms with Crippen molar-refractivity contribution in [3.05, 3.63) is 47.1 Å². The van der Waals surface area contributed by atoms with Gasteiger partial charge >= 0.3 is 6.03 Å². The molecule has 32 heavy (non-hydrogen) atoms. The van der Waals surface area contributed by atoms with Crippen LogP contribution in [0.1, 0.15) is 31.1 Å². The number of aromatic nitrogens is 1. The van der Waals surface area contributed by atoms with Crippen molar-refractivity contribution in [2.75, 3.05) is 29.9 Å². The molecule has 0 radical (unpaired) electrons. The van der Waals surface area contributed by atoms with Gasteiger partial charge in [-0.15, -0.1) is 0 Å². The molecule has 1 aromatic heterocycles. The Hall–Kier alpha value is -2.38. The highest BCUT2D eigenvalue weighted by atomic mass is 35.5. The topological polar surface area (TPSA) is 65.5 Å². The number of urea groups is 1. The lowest BCUT2D eigenvalue weighted by atomic mass is 10.0. The second-order valence-electron chi connectivity index (χ2n) is 9.79. The Balaban J connectivity index is 1.64. The number of nitrogens with zero attached hydrogens (tertiary/aromatic N) is 3. The Morgan fingerprint density at radius 2 is 1.81 bits per heavy atom. The molecule has 0 saturated carbocycles. The fourth-order valence-electron chi connectivity index (χ4n) is 3.83. The predicted octanol–water partition coefficient (Wildman–Crippen LogP) is 4.86. The normalized spacial score (nSPS) is 16.9. The largest absolute Gasteiger partial charge is 0.352 e. The summed E-state index contributed by atoms with van der Waals surface area (Å²) >= 11 is 6.46. The molecule has 172 valence electrons. The molecule has 0 aliphatic carbocycles. The Morgan fingerprint density at radius 3 is 2.34 bits per heavy atom. The van der Waals surface area contributed by atoms with Gasteiger partial charge in [0.15, 0.2) is 5.78 Å². The summed E-state index contributed by atoms with van der Waals surface area (Å²) < 4.78 is 0. The van der Waals surface area contributed by atoms with Gasteiger partial charge in [0.1, 0.15) is 5.82 Å². The van der Waals surface area contributed by atoms with E-state index in [0.29, 0.717) is 36.0 Å². The molecule has 2 amide bonds. The number of hydrogen-bond acceptors (Lipinski definition) is 4. The van der Waals surface area contributed by atoms with Gasteiger partial charge < -0.3 is 15.1 Å². The Morgan fingerprint density at radius 1 is 1.16 bits per heavy atom. The lowest BCUT2D eigenvalue weighted by Gasteiger charge is -2.40. The van der Waals surface area contributed by atoms with Gasteiger partial charge in [-0.05, 0) is 25.1 Å². The van der Waals surface area contributed by atoms with Crippen LogP contribution in [0.4, 0.5) is 16.3 Å². The molecule has 2 heterocycles. The number of nitrogens with one attached hydrogen (secondary N) is 1. The van der Waals surface area contributed by atoms with Gasteiger partial charge in [-0.1, -0.05) is 62.4 Å². The summed E-state index contributed by atoms with van der Waals surface area (Å²) in [6.45, 7) is 14.4. The molecular weight excluding hydrogens is 440 g/mol. The average Bonchev–Trinajstić information content (AvgIpc) is 2.72. The first kappa shape index (κ1) is 24.3. The number of anilines is 2. The molecule has 0 unspecified atom stereocenters. The zero-order valence-corrected chi connectivity index (χ0v) is 21.5. The minimum Gasteiger partial charge on any atom is -0.352 e. The zero-order chi connectivity index (χ0) is 23.6. The molecule has 1 N–H and O–H groups in total. The Kier molecular flexibility index (Phi) is 7.30. The molecule has 3 rings (SSSR count). The van der Waals surface area contributed by atoms with E-state index in [4.69, 9.17) is 11.6 Å². The number of carbonyl (C=O) groups is 2. The molecular formula is C24H33ClN4O2Si. The summed E-state index contributed by atoms with van der Waals surface area (Å²) in [5, 5.41) is 4.85. The highest BCUT2D eigenvalue weighted by Crippen LogP contribution is 2.27. The lowest BCUT2D eigenvalue weighted by molar-refractivity contribution is 0.0939. The molecule has 1 atom stereocenters. The molecule has 1 aliphatic heterocycles. The third kappa shape index (κ3) is 5.50. The third-order valence-electron chi connectivity index (χ3n) is 5.82. The quantitative estimate of drug-likeness (QED) is 0.498. The second kappa shape index (κ2) is 9.63. The number of benzene rings is 1. The van der Waals surface area contributed by atoms with Crippen LogP contribution in [-0.4, -0.2) is 55.4 Å². The first-order chi connectivity index (χ1) is 15.0. The van der Waals surface area contributed by atoms with E-state index >= 15 is 0 Å². The van der Waals surface area contributed by atoms with E-state index in [2.05, 4.69) is 47.0 Å². The molecule has 1 aliphatic rings. The highest BCUT2D eigenvalue weighted by molar-refractivity contribution is 6.88. The Labute approximate surface area is 197 Å². The predicted molar refractivity (Wildman–Crippen MR) is 135 cm³/mol. The fourth-order valence-corrected chi connectivity index (χ4v) is 5.28. The number of ketones is 1. The van der Waals surface area contributed by atoms with Crippen LogP contribution in [0.25, 0.3) is 0 Å².